The molecule has 0 aliphatic heterocycles. The molecule has 3 N–H and O–H groups in total. The Hall–Kier alpha value is -3.02. The van der Waals surface area contributed by atoms with E-state index in [9.17, 15) is 25.9 Å². The molecule has 5 aromatic rings. The third kappa shape index (κ3) is 8.57. The molecule has 0 amide bonds. The van der Waals surface area contributed by atoms with E-state index >= 15 is 0 Å². The second-order valence-electron chi connectivity index (χ2n) is 8.89. The molecule has 44 heavy (non-hydrogen) atoms. The summed E-state index contributed by atoms with van der Waals surface area (Å²) in [5.41, 5.74) is 12.1. The van der Waals surface area contributed by atoms with Crippen molar-refractivity contribution in [1.29, 1.82) is 0 Å². The van der Waals surface area contributed by atoms with Gasteiger partial charge in [-0.25, -0.2) is 16.8 Å². The van der Waals surface area contributed by atoms with E-state index in [1.165, 1.54) is 24.3 Å². The predicted molar refractivity (Wildman–Crippen MR) is 155 cm³/mol. The van der Waals surface area contributed by atoms with E-state index in [0.717, 1.165) is 17.2 Å². The van der Waals surface area contributed by atoms with Gasteiger partial charge in [-0.1, -0.05) is 59.8 Å². The Morgan fingerprint density at radius 3 is 1.75 bits per heavy atom. The van der Waals surface area contributed by atoms with Gasteiger partial charge in [-0.05, 0) is 59.7 Å². The first-order valence-corrected chi connectivity index (χ1v) is 14.9. The monoisotopic (exact) mass is 646 g/mol. The van der Waals surface area contributed by atoms with Gasteiger partial charge in [-0.2, -0.15) is 5.11 Å². The fourth-order valence-corrected chi connectivity index (χ4v) is 5.27. The third-order valence-electron chi connectivity index (χ3n) is 6.10. The predicted octanol–water partition coefficient (Wildman–Crippen LogP) is 0.431. The van der Waals surface area contributed by atoms with Gasteiger partial charge in [0, 0.05) is 10.8 Å². The maximum absolute atomic E-state index is 11.8. The molecule has 0 saturated carbocycles. The van der Waals surface area contributed by atoms with E-state index in [1.54, 1.807) is 48.5 Å². The molecule has 0 radical (unpaired) electrons. The average Bonchev–Trinajstić information content (AvgIpc) is 2.97. The Morgan fingerprint density at radius 1 is 0.614 bits per heavy atom. The number of nitrogens with two attached hydrogens (primary N) is 1. The Labute approximate surface area is 297 Å². The van der Waals surface area contributed by atoms with Crippen LogP contribution in [0, 0.1) is 0 Å². The summed E-state index contributed by atoms with van der Waals surface area (Å²) in [6.45, 7) is 0. The first-order valence-electron chi connectivity index (χ1n) is 12.1. The van der Waals surface area contributed by atoms with Crippen molar-refractivity contribution in [2.45, 2.75) is 9.79 Å². The zero-order chi connectivity index (χ0) is 29.9. The first-order chi connectivity index (χ1) is 20.0. The average molecular weight is 647 g/mol. The minimum Gasteiger partial charge on any atom is -0.744 e. The second-order valence-corrected chi connectivity index (χ2v) is 11.6. The summed E-state index contributed by atoms with van der Waals surface area (Å²) in [5.74, 6) is 0. The number of azo groups is 1. The largest absolute Gasteiger partial charge is 1.00 e. The van der Waals surface area contributed by atoms with Crippen LogP contribution in [0.25, 0.3) is 21.9 Å². The summed E-state index contributed by atoms with van der Waals surface area (Å²) in [5, 5.41) is 16.7. The number of benzene rings is 5. The van der Waals surface area contributed by atoms with Crippen LogP contribution in [0.4, 0.5) is 28.4 Å². The molecular formula is C28H20N6Na2O6S2. The molecule has 12 nitrogen and oxygen atoms in total. The maximum atomic E-state index is 11.8. The standard InChI is InChI=1S/C28H22N6O6S2.2Na/c29-28-25-7-2-1-6-24(25)27(42(38,39)40)17-26(28)33-30-20-12-8-18(9-13-20)19-10-14-21(15-11-19)31-34-32-22-4-3-5-23(16-22)41(35,36)37;;/h1-17H,29H2,(H,31,32)(H,35,36,37)(H,38,39,40);;/q;2*+1/p-2. The fourth-order valence-electron chi connectivity index (χ4n) is 4.05. The number of anilines is 2. The van der Waals surface area contributed by atoms with E-state index in [2.05, 4.69) is 26.0 Å². The van der Waals surface area contributed by atoms with Crippen LogP contribution in [0.3, 0.4) is 0 Å². The summed E-state index contributed by atoms with van der Waals surface area (Å²) in [6.07, 6.45) is 0. The molecule has 0 saturated heterocycles. The zero-order valence-electron chi connectivity index (χ0n) is 23.4. The van der Waals surface area contributed by atoms with Crippen LogP contribution in [0.1, 0.15) is 0 Å². The molecule has 0 spiro atoms. The molecule has 0 bridgehead atoms. The topological polar surface area (TPSA) is 202 Å². The molecule has 0 aromatic heterocycles. The summed E-state index contributed by atoms with van der Waals surface area (Å²) in [4.78, 5) is -0.791. The molecule has 0 aliphatic rings. The van der Waals surface area contributed by atoms with Crippen molar-refractivity contribution in [2.75, 3.05) is 11.2 Å². The van der Waals surface area contributed by atoms with E-state index in [1.807, 2.05) is 24.3 Å². The Kier molecular flexibility index (Phi) is 12.0. The van der Waals surface area contributed by atoms with Gasteiger partial charge in [0.25, 0.3) is 0 Å². The van der Waals surface area contributed by atoms with E-state index in [0.29, 0.717) is 22.4 Å². The zero-order valence-corrected chi connectivity index (χ0v) is 29.1. The number of nitrogen functional groups attached to an aromatic ring is 1. The number of nitrogens with zero attached hydrogens (tertiary/aromatic N) is 4. The molecule has 5 rings (SSSR count). The van der Waals surface area contributed by atoms with Gasteiger partial charge in [0.1, 0.15) is 25.9 Å². The summed E-state index contributed by atoms with van der Waals surface area (Å²) < 4.78 is 68.9. The van der Waals surface area contributed by atoms with Crippen LogP contribution in [-0.4, -0.2) is 25.9 Å². The molecular weight excluding hydrogens is 626 g/mol. The third-order valence-corrected chi connectivity index (χ3v) is 7.81. The van der Waals surface area contributed by atoms with Crippen molar-refractivity contribution in [3.8, 4) is 11.1 Å². The minimum atomic E-state index is -4.77. The number of rotatable bonds is 8. The van der Waals surface area contributed by atoms with Crippen LogP contribution in [0.15, 0.2) is 133 Å². The van der Waals surface area contributed by atoms with Crippen molar-refractivity contribution in [3.05, 3.63) is 103 Å². The van der Waals surface area contributed by atoms with Crippen molar-refractivity contribution < 1.29 is 85.1 Å². The van der Waals surface area contributed by atoms with Gasteiger partial charge in [0.05, 0.1) is 32.5 Å². The van der Waals surface area contributed by atoms with Crippen molar-refractivity contribution in [3.63, 3.8) is 0 Å². The molecule has 0 atom stereocenters. The Morgan fingerprint density at radius 2 is 1.18 bits per heavy atom. The number of nitrogens with one attached hydrogen (secondary N) is 1. The van der Waals surface area contributed by atoms with Crippen molar-refractivity contribution >= 4 is 59.4 Å². The number of hydrogen-bond donors (Lipinski definition) is 2. The van der Waals surface area contributed by atoms with Crippen LogP contribution >= 0.6 is 0 Å². The fraction of sp³-hybridized carbons (Fsp3) is 0. The van der Waals surface area contributed by atoms with Gasteiger partial charge >= 0.3 is 59.1 Å². The van der Waals surface area contributed by atoms with E-state index < -0.39 is 25.1 Å². The van der Waals surface area contributed by atoms with Gasteiger partial charge in [-0.3, -0.25) is 5.43 Å². The minimum absolute atomic E-state index is 0. The van der Waals surface area contributed by atoms with E-state index in [4.69, 9.17) is 5.73 Å². The summed E-state index contributed by atoms with van der Waals surface area (Å²) >= 11 is 0. The molecule has 0 heterocycles. The quantitative estimate of drug-likeness (QED) is 0.0794. The van der Waals surface area contributed by atoms with Crippen molar-refractivity contribution in [1.82, 2.24) is 0 Å². The number of hydrogen-bond acceptors (Lipinski definition) is 11. The second kappa shape index (κ2) is 14.8. The van der Waals surface area contributed by atoms with Crippen LogP contribution in [-0.2, 0) is 20.2 Å². The molecule has 0 aliphatic carbocycles. The number of fused-ring (bicyclic) bond motifs is 1. The van der Waals surface area contributed by atoms with Crippen molar-refractivity contribution in [2.24, 2.45) is 20.6 Å². The van der Waals surface area contributed by atoms with E-state index in [-0.39, 0.29) is 80.8 Å². The smallest absolute Gasteiger partial charge is 0.744 e. The van der Waals surface area contributed by atoms with Crippen LogP contribution in [0.5, 0.6) is 0 Å². The Balaban J connectivity index is 0.00000264. The summed E-state index contributed by atoms with van der Waals surface area (Å²) in [6, 6.07) is 27.1. The van der Waals surface area contributed by atoms with Gasteiger partial charge in [-0.15, -0.1) is 10.2 Å². The van der Waals surface area contributed by atoms with Crippen LogP contribution in [0.2, 0.25) is 0 Å². The molecule has 212 valence electrons. The molecule has 5 aromatic carbocycles. The molecule has 0 unspecified atom stereocenters. The summed E-state index contributed by atoms with van der Waals surface area (Å²) in [7, 11) is -9.35. The normalized spacial score (nSPS) is 11.8. The maximum Gasteiger partial charge on any atom is 1.00 e. The van der Waals surface area contributed by atoms with Gasteiger partial charge < -0.3 is 14.8 Å². The van der Waals surface area contributed by atoms with Crippen LogP contribution < -0.4 is 70.3 Å². The van der Waals surface area contributed by atoms with Gasteiger partial charge in [0.15, 0.2) is 0 Å². The SMILES string of the molecule is Nc1c(N=Nc2ccc(-c3ccc(N=NNc4cccc(S(=O)(=O)[O-])c4)cc3)cc2)cc(S(=O)(=O)[O-])c2ccccc12.[Na+].[Na+]. The Bertz CT molecular complexity index is 2080. The molecule has 16 heteroatoms. The van der Waals surface area contributed by atoms with Gasteiger partial charge in [0.2, 0.25) is 0 Å². The molecule has 0 fully saturated rings. The first kappa shape index (κ1) is 35.5.